The summed E-state index contributed by atoms with van der Waals surface area (Å²) >= 11 is 3.60. The van der Waals surface area contributed by atoms with Gasteiger partial charge in [0, 0.05) is 40.7 Å². The first-order chi connectivity index (χ1) is 9.75. The summed E-state index contributed by atoms with van der Waals surface area (Å²) in [7, 11) is 0. The first-order valence-electron chi connectivity index (χ1n) is 7.13. The van der Waals surface area contributed by atoms with Crippen molar-refractivity contribution < 1.29 is 4.74 Å². The van der Waals surface area contributed by atoms with Crippen LogP contribution in [0.5, 0.6) is 0 Å². The minimum absolute atomic E-state index is 0.413. The fourth-order valence-electron chi connectivity index (χ4n) is 2.83. The molecule has 0 amide bonds. The average Bonchev–Trinajstić information content (AvgIpc) is 2.49. The topological polar surface area (TPSA) is 34.2 Å². The number of hydrogen-bond donors (Lipinski definition) is 1. The molecule has 0 saturated carbocycles. The van der Waals surface area contributed by atoms with E-state index in [0.717, 1.165) is 36.3 Å². The lowest BCUT2D eigenvalue weighted by molar-refractivity contribution is 0.0622. The van der Waals surface area contributed by atoms with Crippen molar-refractivity contribution in [3.8, 4) is 0 Å². The lowest BCUT2D eigenvalue weighted by atomic mass is 9.93. The molecule has 0 bridgehead atoms. The second-order valence-corrected chi connectivity index (χ2v) is 6.23. The first-order valence-corrected chi connectivity index (χ1v) is 7.92. The summed E-state index contributed by atoms with van der Waals surface area (Å²) in [6.07, 6.45) is 4.12. The Balaban J connectivity index is 1.85. The lowest BCUT2D eigenvalue weighted by Crippen LogP contribution is -2.31. The van der Waals surface area contributed by atoms with Crippen molar-refractivity contribution in [1.29, 1.82) is 0 Å². The molecular formula is C16H19BrN2O. The quantitative estimate of drug-likeness (QED) is 0.912. The number of rotatable bonds is 3. The number of hydrogen-bond acceptors (Lipinski definition) is 3. The molecule has 1 saturated heterocycles. The summed E-state index contributed by atoms with van der Waals surface area (Å²) in [5.41, 5.74) is 0. The largest absolute Gasteiger partial charge is 0.381 e. The van der Waals surface area contributed by atoms with Gasteiger partial charge in [-0.05, 0) is 37.8 Å². The van der Waals surface area contributed by atoms with E-state index in [2.05, 4.69) is 51.4 Å². The van der Waals surface area contributed by atoms with Gasteiger partial charge in [-0.15, -0.1) is 0 Å². The highest BCUT2D eigenvalue weighted by atomic mass is 79.9. The number of ether oxygens (including phenoxy) is 1. The van der Waals surface area contributed by atoms with E-state index in [0.29, 0.717) is 12.0 Å². The van der Waals surface area contributed by atoms with Crippen LogP contribution in [0, 0.1) is 5.92 Å². The number of halogens is 1. The Hall–Kier alpha value is -1.13. The van der Waals surface area contributed by atoms with Crippen molar-refractivity contribution in [1.82, 2.24) is 4.98 Å². The molecule has 106 valence electrons. The van der Waals surface area contributed by atoms with Crippen LogP contribution in [0.1, 0.15) is 19.8 Å². The molecule has 1 N–H and O–H groups in total. The van der Waals surface area contributed by atoms with Crippen molar-refractivity contribution in [3.63, 3.8) is 0 Å². The summed E-state index contributed by atoms with van der Waals surface area (Å²) in [5, 5.41) is 5.96. The molecule has 1 atom stereocenters. The molecule has 1 fully saturated rings. The standard InChI is InChI=1S/C16H19BrN2O/c1-11(12-6-9-20-10-7-12)19-16-14-3-2-4-15(17)13(14)5-8-18-16/h2-5,8,11-12H,6-7,9-10H2,1H3,(H,18,19). The van der Waals surface area contributed by atoms with E-state index >= 15 is 0 Å². The molecular weight excluding hydrogens is 316 g/mol. The van der Waals surface area contributed by atoms with Crippen molar-refractivity contribution in [2.45, 2.75) is 25.8 Å². The monoisotopic (exact) mass is 334 g/mol. The van der Waals surface area contributed by atoms with E-state index in [1.807, 2.05) is 12.3 Å². The van der Waals surface area contributed by atoms with Crippen LogP contribution in [0.2, 0.25) is 0 Å². The highest BCUT2D eigenvalue weighted by Gasteiger charge is 2.21. The number of pyridine rings is 1. The molecule has 3 rings (SSSR count). The van der Waals surface area contributed by atoms with Gasteiger partial charge in [-0.3, -0.25) is 0 Å². The van der Waals surface area contributed by atoms with E-state index in [9.17, 15) is 0 Å². The first kappa shape index (κ1) is 13.8. The minimum atomic E-state index is 0.413. The highest BCUT2D eigenvalue weighted by molar-refractivity contribution is 9.10. The number of aromatic nitrogens is 1. The van der Waals surface area contributed by atoms with E-state index in [1.165, 1.54) is 10.8 Å². The Morgan fingerprint density at radius 1 is 1.25 bits per heavy atom. The van der Waals surface area contributed by atoms with Crippen LogP contribution >= 0.6 is 15.9 Å². The van der Waals surface area contributed by atoms with Crippen molar-refractivity contribution in [2.75, 3.05) is 18.5 Å². The highest BCUT2D eigenvalue weighted by Crippen LogP contribution is 2.29. The van der Waals surface area contributed by atoms with E-state index in [1.54, 1.807) is 0 Å². The Bertz CT molecular complexity index is 596. The van der Waals surface area contributed by atoms with Crippen molar-refractivity contribution in [2.24, 2.45) is 5.92 Å². The second-order valence-electron chi connectivity index (χ2n) is 5.38. The van der Waals surface area contributed by atoms with E-state index in [-0.39, 0.29) is 0 Å². The van der Waals surface area contributed by atoms with Gasteiger partial charge >= 0.3 is 0 Å². The van der Waals surface area contributed by atoms with Gasteiger partial charge in [-0.2, -0.15) is 0 Å². The third kappa shape index (κ3) is 2.81. The summed E-state index contributed by atoms with van der Waals surface area (Å²) in [5.74, 6) is 1.63. The maximum atomic E-state index is 5.44. The van der Waals surface area contributed by atoms with Crippen LogP contribution < -0.4 is 5.32 Å². The molecule has 2 heterocycles. The predicted octanol–water partition coefficient (Wildman–Crippen LogP) is 4.22. The zero-order valence-corrected chi connectivity index (χ0v) is 13.2. The van der Waals surface area contributed by atoms with Gasteiger partial charge in [0.25, 0.3) is 0 Å². The summed E-state index contributed by atoms with van der Waals surface area (Å²) in [6.45, 7) is 4.00. The van der Waals surface area contributed by atoms with Crippen LogP contribution in [-0.4, -0.2) is 24.2 Å². The summed E-state index contributed by atoms with van der Waals surface area (Å²) < 4.78 is 6.55. The molecule has 1 unspecified atom stereocenters. The number of fused-ring (bicyclic) bond motifs is 1. The molecule has 0 aliphatic carbocycles. The Morgan fingerprint density at radius 3 is 2.85 bits per heavy atom. The molecule has 4 heteroatoms. The number of nitrogens with one attached hydrogen (secondary N) is 1. The lowest BCUT2D eigenvalue weighted by Gasteiger charge is -2.29. The van der Waals surface area contributed by atoms with Gasteiger partial charge in [0.1, 0.15) is 5.82 Å². The van der Waals surface area contributed by atoms with Crippen molar-refractivity contribution >= 4 is 32.5 Å². The molecule has 0 radical (unpaired) electrons. The molecule has 3 nitrogen and oxygen atoms in total. The summed E-state index contributed by atoms with van der Waals surface area (Å²) in [6, 6.07) is 8.69. The fraction of sp³-hybridized carbons (Fsp3) is 0.438. The van der Waals surface area contributed by atoms with Gasteiger partial charge in [0.05, 0.1) is 0 Å². The maximum Gasteiger partial charge on any atom is 0.134 e. The van der Waals surface area contributed by atoms with Gasteiger partial charge in [0.2, 0.25) is 0 Å². The van der Waals surface area contributed by atoms with Gasteiger partial charge < -0.3 is 10.1 Å². The molecule has 2 aromatic rings. The predicted molar refractivity (Wildman–Crippen MR) is 86.1 cm³/mol. The number of benzene rings is 1. The van der Waals surface area contributed by atoms with E-state index < -0.39 is 0 Å². The minimum Gasteiger partial charge on any atom is -0.381 e. The van der Waals surface area contributed by atoms with Crippen LogP contribution in [0.15, 0.2) is 34.9 Å². The molecule has 1 aliphatic rings. The fourth-order valence-corrected chi connectivity index (χ4v) is 3.33. The molecule has 1 aromatic heterocycles. The number of anilines is 1. The normalized spacial score (nSPS) is 18.1. The van der Waals surface area contributed by atoms with Crippen molar-refractivity contribution in [3.05, 3.63) is 34.9 Å². The maximum absolute atomic E-state index is 5.44. The van der Waals surface area contributed by atoms with Gasteiger partial charge in [0.15, 0.2) is 0 Å². The smallest absolute Gasteiger partial charge is 0.134 e. The van der Waals surface area contributed by atoms with Gasteiger partial charge in [-0.1, -0.05) is 28.1 Å². The summed E-state index contributed by atoms with van der Waals surface area (Å²) in [4.78, 5) is 4.52. The zero-order chi connectivity index (χ0) is 13.9. The average molecular weight is 335 g/mol. The van der Waals surface area contributed by atoms with Crippen LogP contribution in [0.25, 0.3) is 10.8 Å². The Kier molecular flexibility index (Phi) is 4.22. The van der Waals surface area contributed by atoms with Gasteiger partial charge in [-0.25, -0.2) is 4.98 Å². The van der Waals surface area contributed by atoms with Crippen LogP contribution in [-0.2, 0) is 4.74 Å². The van der Waals surface area contributed by atoms with E-state index in [4.69, 9.17) is 4.74 Å². The molecule has 1 aromatic carbocycles. The Labute approximate surface area is 127 Å². The third-order valence-corrected chi connectivity index (χ3v) is 4.78. The third-order valence-electron chi connectivity index (χ3n) is 4.09. The molecule has 20 heavy (non-hydrogen) atoms. The Morgan fingerprint density at radius 2 is 2.05 bits per heavy atom. The SMILES string of the molecule is CC(Nc1nccc2c(Br)cccc12)C1CCOCC1. The second kappa shape index (κ2) is 6.10. The molecule has 1 aliphatic heterocycles. The number of nitrogens with zero attached hydrogens (tertiary/aromatic N) is 1. The van der Waals surface area contributed by atoms with Crippen LogP contribution in [0.4, 0.5) is 5.82 Å². The molecule has 0 spiro atoms. The van der Waals surface area contributed by atoms with Crippen LogP contribution in [0.3, 0.4) is 0 Å². The zero-order valence-electron chi connectivity index (χ0n) is 11.6.